The van der Waals surface area contributed by atoms with Crippen LogP contribution in [0, 0.1) is 13.8 Å². The van der Waals surface area contributed by atoms with E-state index in [-0.39, 0.29) is 0 Å². The van der Waals surface area contributed by atoms with Crippen LogP contribution in [0.1, 0.15) is 11.1 Å². The van der Waals surface area contributed by atoms with E-state index in [1.165, 1.54) is 16.7 Å². The normalized spacial score (nSPS) is 10.6. The third kappa shape index (κ3) is 3.01. The predicted molar refractivity (Wildman–Crippen MR) is 91.8 cm³/mol. The van der Waals surface area contributed by atoms with E-state index in [1.54, 1.807) is 0 Å². The molecule has 0 atom stereocenters. The molecule has 0 bridgehead atoms. The van der Waals surface area contributed by atoms with Crippen molar-refractivity contribution in [2.24, 2.45) is 0 Å². The van der Waals surface area contributed by atoms with Crippen molar-refractivity contribution in [2.75, 3.05) is 0 Å². The molecule has 0 N–H and O–H groups in total. The molecular weight excluding hydrogens is 276 g/mol. The number of aryl methyl sites for hydroxylation is 2. The third-order valence-corrected chi connectivity index (χ3v) is 3.96. The molecule has 0 nitrogen and oxygen atoms in total. The molecule has 0 heterocycles. The number of rotatable bonds is 2. The van der Waals surface area contributed by atoms with Crippen LogP contribution in [-0.4, -0.2) is 0 Å². The molecule has 0 spiro atoms. The Hall–Kier alpha value is -2.05. The Bertz CT molecular complexity index is 787. The summed E-state index contributed by atoms with van der Waals surface area (Å²) in [6.45, 7) is 4.20. The van der Waals surface area contributed by atoms with Gasteiger partial charge in [0.15, 0.2) is 0 Å². The van der Waals surface area contributed by atoms with Crippen molar-refractivity contribution in [1.82, 2.24) is 0 Å². The zero-order valence-corrected chi connectivity index (χ0v) is 13.0. The lowest BCUT2D eigenvalue weighted by atomic mass is 9.98. The van der Waals surface area contributed by atoms with Crippen LogP contribution in [-0.2, 0) is 0 Å². The smallest absolute Gasteiger partial charge is 0.0490 e. The van der Waals surface area contributed by atoms with Gasteiger partial charge in [0, 0.05) is 10.6 Å². The highest BCUT2D eigenvalue weighted by Crippen LogP contribution is 2.32. The first-order valence-electron chi connectivity index (χ1n) is 7.07. The van der Waals surface area contributed by atoms with E-state index >= 15 is 0 Å². The fraction of sp³-hybridized carbons (Fsp3) is 0.100. The van der Waals surface area contributed by atoms with Gasteiger partial charge in [-0.25, -0.2) is 0 Å². The van der Waals surface area contributed by atoms with Crippen LogP contribution < -0.4 is 0 Å². The van der Waals surface area contributed by atoms with Crippen molar-refractivity contribution in [2.45, 2.75) is 13.8 Å². The van der Waals surface area contributed by atoms with E-state index in [0.717, 1.165) is 21.7 Å². The lowest BCUT2D eigenvalue weighted by Crippen LogP contribution is -1.84. The van der Waals surface area contributed by atoms with Gasteiger partial charge in [-0.3, -0.25) is 0 Å². The molecule has 0 aliphatic rings. The molecule has 1 heteroatoms. The second-order valence-electron chi connectivity index (χ2n) is 5.43. The molecule has 0 aromatic heterocycles. The summed E-state index contributed by atoms with van der Waals surface area (Å²) in [4.78, 5) is 0. The second-order valence-corrected chi connectivity index (χ2v) is 5.84. The van der Waals surface area contributed by atoms with Crippen LogP contribution in [0.4, 0.5) is 0 Å². The molecule has 104 valence electrons. The van der Waals surface area contributed by atoms with Crippen molar-refractivity contribution in [3.63, 3.8) is 0 Å². The topological polar surface area (TPSA) is 0 Å². The summed E-state index contributed by atoms with van der Waals surface area (Å²) in [7, 11) is 0. The van der Waals surface area contributed by atoms with E-state index < -0.39 is 0 Å². The first-order chi connectivity index (χ1) is 10.1. The van der Waals surface area contributed by atoms with Gasteiger partial charge in [0.05, 0.1) is 0 Å². The maximum absolute atomic E-state index is 6.51. The number of benzene rings is 3. The quantitative estimate of drug-likeness (QED) is 0.520. The number of hydrogen-bond acceptors (Lipinski definition) is 0. The van der Waals surface area contributed by atoms with E-state index in [1.807, 2.05) is 6.07 Å². The van der Waals surface area contributed by atoms with Gasteiger partial charge in [-0.2, -0.15) is 0 Å². The van der Waals surface area contributed by atoms with Crippen LogP contribution in [0.15, 0.2) is 66.7 Å². The predicted octanol–water partition coefficient (Wildman–Crippen LogP) is 6.29. The molecule has 3 aromatic rings. The summed E-state index contributed by atoms with van der Waals surface area (Å²) in [5.74, 6) is 0. The van der Waals surface area contributed by atoms with Gasteiger partial charge in [0.1, 0.15) is 0 Å². The largest absolute Gasteiger partial charge is 0.0836 e. The van der Waals surface area contributed by atoms with Gasteiger partial charge in [-0.1, -0.05) is 83.4 Å². The van der Waals surface area contributed by atoms with Crippen molar-refractivity contribution < 1.29 is 0 Å². The maximum Gasteiger partial charge on any atom is 0.0490 e. The van der Waals surface area contributed by atoms with Crippen molar-refractivity contribution in [3.05, 3.63) is 82.9 Å². The van der Waals surface area contributed by atoms with Crippen LogP contribution in [0.2, 0.25) is 5.02 Å². The maximum atomic E-state index is 6.51. The molecule has 3 aromatic carbocycles. The molecule has 3 rings (SSSR count). The van der Waals surface area contributed by atoms with Crippen LogP contribution in [0.5, 0.6) is 0 Å². The zero-order chi connectivity index (χ0) is 14.8. The van der Waals surface area contributed by atoms with Gasteiger partial charge in [-0.05, 0) is 36.6 Å². The van der Waals surface area contributed by atoms with Crippen LogP contribution >= 0.6 is 11.6 Å². The Morgan fingerprint density at radius 2 is 1.19 bits per heavy atom. The van der Waals surface area contributed by atoms with E-state index in [4.69, 9.17) is 11.6 Å². The molecule has 0 saturated heterocycles. The zero-order valence-electron chi connectivity index (χ0n) is 12.2. The van der Waals surface area contributed by atoms with E-state index in [0.29, 0.717) is 0 Å². The molecule has 0 radical (unpaired) electrons. The standard InChI is InChI=1S/C20H17Cl/c1-14-5-3-7-16(11-14)17-9-10-19(20(21)13-17)18-8-4-6-15(2)12-18/h3-13H,1-2H3. The minimum absolute atomic E-state index is 0.791. The Balaban J connectivity index is 2.04. The monoisotopic (exact) mass is 292 g/mol. The lowest BCUT2D eigenvalue weighted by Gasteiger charge is -2.09. The van der Waals surface area contributed by atoms with E-state index in [9.17, 15) is 0 Å². The summed E-state index contributed by atoms with van der Waals surface area (Å²) in [5, 5.41) is 0.791. The summed E-state index contributed by atoms with van der Waals surface area (Å²) in [5.41, 5.74) is 7.10. The second kappa shape index (κ2) is 5.75. The fourth-order valence-corrected chi connectivity index (χ4v) is 2.86. The molecule has 0 aliphatic heterocycles. The summed E-state index contributed by atoms with van der Waals surface area (Å²) in [6.07, 6.45) is 0. The molecule has 0 saturated carbocycles. The third-order valence-electron chi connectivity index (χ3n) is 3.65. The van der Waals surface area contributed by atoms with Gasteiger partial charge in [0.2, 0.25) is 0 Å². The van der Waals surface area contributed by atoms with Crippen LogP contribution in [0.3, 0.4) is 0 Å². The fourth-order valence-electron chi connectivity index (χ4n) is 2.57. The summed E-state index contributed by atoms with van der Waals surface area (Å²) < 4.78 is 0. The minimum Gasteiger partial charge on any atom is -0.0836 e. The SMILES string of the molecule is Cc1cccc(-c2ccc(-c3cccc(C)c3)c(Cl)c2)c1. The van der Waals surface area contributed by atoms with Crippen molar-refractivity contribution in [3.8, 4) is 22.3 Å². The average molecular weight is 293 g/mol. The van der Waals surface area contributed by atoms with Gasteiger partial charge < -0.3 is 0 Å². The van der Waals surface area contributed by atoms with Gasteiger partial charge in [0.25, 0.3) is 0 Å². The number of halogens is 1. The highest BCUT2D eigenvalue weighted by molar-refractivity contribution is 6.33. The van der Waals surface area contributed by atoms with E-state index in [2.05, 4.69) is 74.5 Å². The molecule has 21 heavy (non-hydrogen) atoms. The van der Waals surface area contributed by atoms with Crippen molar-refractivity contribution in [1.29, 1.82) is 0 Å². The first kappa shape index (κ1) is 13.9. The van der Waals surface area contributed by atoms with Gasteiger partial charge in [-0.15, -0.1) is 0 Å². The molecular formula is C20H17Cl. The minimum atomic E-state index is 0.791. The highest BCUT2D eigenvalue weighted by atomic mass is 35.5. The molecule has 0 fully saturated rings. The van der Waals surface area contributed by atoms with Crippen molar-refractivity contribution >= 4 is 11.6 Å². The van der Waals surface area contributed by atoms with Crippen LogP contribution in [0.25, 0.3) is 22.3 Å². The summed E-state index contributed by atoms with van der Waals surface area (Å²) >= 11 is 6.51. The Labute approximate surface area is 131 Å². The van der Waals surface area contributed by atoms with Gasteiger partial charge >= 0.3 is 0 Å². The molecule has 0 amide bonds. The Morgan fingerprint density at radius 1 is 0.619 bits per heavy atom. The molecule has 0 unspecified atom stereocenters. The first-order valence-corrected chi connectivity index (χ1v) is 7.45. The molecule has 0 aliphatic carbocycles. The Kier molecular flexibility index (Phi) is 3.81. The highest BCUT2D eigenvalue weighted by Gasteiger charge is 2.06. The lowest BCUT2D eigenvalue weighted by molar-refractivity contribution is 1.46. The summed E-state index contributed by atoms with van der Waals surface area (Å²) in [6, 6.07) is 23.2. The average Bonchev–Trinajstić information content (AvgIpc) is 2.47. The number of hydrogen-bond donors (Lipinski definition) is 0. The Morgan fingerprint density at radius 3 is 1.81 bits per heavy atom.